The highest BCUT2D eigenvalue weighted by atomic mass is 127. The number of fused-ring (bicyclic) bond motifs is 1. The first-order valence-electron chi connectivity index (χ1n) is 7.63. The van der Waals surface area contributed by atoms with Crippen LogP contribution < -0.4 is 4.90 Å². The third kappa shape index (κ3) is 3.11. The summed E-state index contributed by atoms with van der Waals surface area (Å²) < 4.78 is 21.4. The molecule has 0 bridgehead atoms. The van der Waals surface area contributed by atoms with Crippen LogP contribution in [0.4, 0.5) is 14.9 Å². The Labute approximate surface area is 157 Å². The molecule has 2 heterocycles. The average molecular weight is 449 g/mol. The molecule has 0 unspecified atom stereocenters. The van der Waals surface area contributed by atoms with Crippen LogP contribution in [0.2, 0.25) is 0 Å². The Balaban J connectivity index is 1.64. The van der Waals surface area contributed by atoms with E-state index in [0.717, 1.165) is 22.4 Å². The quantitative estimate of drug-likeness (QED) is 0.552. The molecule has 7 heteroatoms. The Morgan fingerprint density at radius 3 is 2.80 bits per heavy atom. The first-order chi connectivity index (χ1) is 12.1. The molecule has 126 valence electrons. The Bertz CT molecular complexity index is 957. The maximum Gasteiger partial charge on any atom is 0.414 e. The summed E-state index contributed by atoms with van der Waals surface area (Å²) in [5.74, 6) is -0.366. The summed E-state index contributed by atoms with van der Waals surface area (Å²) in [6, 6.07) is 12.5. The van der Waals surface area contributed by atoms with Crippen molar-refractivity contribution < 1.29 is 13.9 Å². The van der Waals surface area contributed by atoms with Crippen molar-refractivity contribution in [2.75, 3.05) is 4.90 Å². The second kappa shape index (κ2) is 6.47. The van der Waals surface area contributed by atoms with Gasteiger partial charge >= 0.3 is 6.09 Å². The summed E-state index contributed by atoms with van der Waals surface area (Å²) in [4.78, 5) is 13.6. The zero-order valence-electron chi connectivity index (χ0n) is 13.0. The van der Waals surface area contributed by atoms with Crippen LogP contribution in [0, 0.1) is 5.82 Å². The Kier molecular flexibility index (Phi) is 4.16. The van der Waals surface area contributed by atoms with Crippen LogP contribution in [-0.2, 0) is 17.9 Å². The fourth-order valence-electron chi connectivity index (χ4n) is 2.83. The van der Waals surface area contributed by atoms with Crippen LogP contribution in [0.1, 0.15) is 11.1 Å². The van der Waals surface area contributed by atoms with E-state index in [9.17, 15) is 9.18 Å². The molecule has 1 aromatic heterocycles. The van der Waals surface area contributed by atoms with Gasteiger partial charge in [0.1, 0.15) is 12.4 Å². The first kappa shape index (κ1) is 16.1. The second-order valence-corrected chi connectivity index (χ2v) is 6.68. The lowest BCUT2D eigenvalue weighted by Gasteiger charge is -2.29. The lowest BCUT2D eigenvalue weighted by molar-refractivity contribution is 0.141. The number of hydrogen-bond donors (Lipinski definition) is 0. The molecule has 1 aliphatic rings. The van der Waals surface area contributed by atoms with Crippen LogP contribution in [0.15, 0.2) is 54.9 Å². The molecule has 1 aliphatic heterocycles. The SMILES string of the molecule is O=C1OCc2ccccc2N1Cc1ccc(-c2cnn(I)c2)cc1F. The lowest BCUT2D eigenvalue weighted by Crippen LogP contribution is -2.35. The molecule has 5 nitrogen and oxygen atoms in total. The molecule has 0 saturated carbocycles. The summed E-state index contributed by atoms with van der Waals surface area (Å²) >= 11 is 2.04. The van der Waals surface area contributed by atoms with Gasteiger partial charge in [-0.15, -0.1) is 0 Å². The van der Waals surface area contributed by atoms with E-state index in [-0.39, 0.29) is 19.0 Å². The topological polar surface area (TPSA) is 47.4 Å². The highest BCUT2D eigenvalue weighted by Gasteiger charge is 2.26. The monoisotopic (exact) mass is 449 g/mol. The summed E-state index contributed by atoms with van der Waals surface area (Å²) in [5.41, 5.74) is 3.68. The van der Waals surface area contributed by atoms with Gasteiger partial charge in [-0.05, 0) is 17.7 Å². The molecule has 0 radical (unpaired) electrons. The molecule has 0 N–H and O–H groups in total. The van der Waals surface area contributed by atoms with Gasteiger partial charge in [-0.25, -0.2) is 12.1 Å². The summed E-state index contributed by atoms with van der Waals surface area (Å²) in [5, 5.41) is 4.09. The third-order valence-electron chi connectivity index (χ3n) is 4.12. The Morgan fingerprint density at radius 2 is 2.04 bits per heavy atom. The summed E-state index contributed by atoms with van der Waals surface area (Å²) in [7, 11) is 0. The molecule has 0 spiro atoms. The number of benzene rings is 2. The minimum Gasteiger partial charge on any atom is -0.444 e. The van der Waals surface area contributed by atoms with Gasteiger partial charge < -0.3 is 4.74 Å². The van der Waals surface area contributed by atoms with E-state index in [2.05, 4.69) is 5.10 Å². The van der Waals surface area contributed by atoms with Crippen LogP contribution in [0.25, 0.3) is 11.1 Å². The van der Waals surface area contributed by atoms with Crippen LogP contribution in [0.3, 0.4) is 0 Å². The molecule has 0 saturated heterocycles. The molecule has 3 aromatic rings. The molecular weight excluding hydrogens is 436 g/mol. The van der Waals surface area contributed by atoms with Crippen molar-refractivity contribution in [3.63, 3.8) is 0 Å². The number of ether oxygens (including phenoxy) is 1. The summed E-state index contributed by atoms with van der Waals surface area (Å²) in [6.45, 7) is 0.362. The smallest absolute Gasteiger partial charge is 0.414 e. The van der Waals surface area contributed by atoms with E-state index < -0.39 is 6.09 Å². The van der Waals surface area contributed by atoms with Gasteiger partial charge in [0.05, 0.1) is 41.3 Å². The van der Waals surface area contributed by atoms with Crippen molar-refractivity contribution >= 4 is 34.6 Å². The lowest BCUT2D eigenvalue weighted by atomic mass is 10.1. The average Bonchev–Trinajstić information content (AvgIpc) is 3.05. The standard InChI is InChI=1S/C18H13FIN3O2/c19-16-7-12(15-8-21-23(20)10-15)5-6-13(16)9-22-17-4-2-1-3-14(17)11-25-18(22)24/h1-8,10H,9,11H2. The second-order valence-electron chi connectivity index (χ2n) is 5.69. The van der Waals surface area contributed by atoms with Crippen molar-refractivity contribution in [1.82, 2.24) is 7.99 Å². The van der Waals surface area contributed by atoms with Crippen molar-refractivity contribution in [2.45, 2.75) is 13.2 Å². The number of hydrogen-bond acceptors (Lipinski definition) is 3. The number of para-hydroxylation sites is 1. The largest absolute Gasteiger partial charge is 0.444 e. The molecule has 25 heavy (non-hydrogen) atoms. The number of rotatable bonds is 3. The van der Waals surface area contributed by atoms with Gasteiger partial charge in [0.2, 0.25) is 0 Å². The van der Waals surface area contributed by atoms with Gasteiger partial charge in [0.25, 0.3) is 0 Å². The predicted octanol–water partition coefficient (Wildman–Crippen LogP) is 4.54. The van der Waals surface area contributed by atoms with Crippen LogP contribution in [-0.4, -0.2) is 14.1 Å². The molecule has 0 atom stereocenters. The van der Waals surface area contributed by atoms with Crippen molar-refractivity contribution in [3.05, 3.63) is 71.8 Å². The minimum atomic E-state index is -0.464. The number of aromatic nitrogens is 2. The number of amides is 1. The molecule has 2 aromatic carbocycles. The molecule has 1 amide bonds. The highest BCUT2D eigenvalue weighted by Crippen LogP contribution is 2.29. The zero-order valence-corrected chi connectivity index (χ0v) is 15.2. The number of carbonyl (C=O) groups is 1. The number of halogens is 2. The van der Waals surface area contributed by atoms with Crippen molar-refractivity contribution in [3.8, 4) is 11.1 Å². The molecule has 0 aliphatic carbocycles. The van der Waals surface area contributed by atoms with E-state index in [1.165, 1.54) is 11.0 Å². The van der Waals surface area contributed by atoms with E-state index in [1.54, 1.807) is 15.2 Å². The number of nitrogens with zero attached hydrogens (tertiary/aromatic N) is 3. The number of cyclic esters (lactones) is 1. The fourth-order valence-corrected chi connectivity index (χ4v) is 3.26. The molecular formula is C18H13FIN3O2. The van der Waals surface area contributed by atoms with E-state index >= 15 is 0 Å². The fraction of sp³-hybridized carbons (Fsp3) is 0.111. The molecule has 4 rings (SSSR count). The van der Waals surface area contributed by atoms with Crippen molar-refractivity contribution in [1.29, 1.82) is 0 Å². The normalized spacial score (nSPS) is 13.5. The van der Waals surface area contributed by atoms with Crippen LogP contribution >= 0.6 is 22.9 Å². The van der Waals surface area contributed by atoms with Crippen molar-refractivity contribution in [2.24, 2.45) is 0 Å². The number of anilines is 1. The maximum atomic E-state index is 14.6. The van der Waals surface area contributed by atoms with E-state index in [1.807, 2.05) is 59.4 Å². The van der Waals surface area contributed by atoms with E-state index in [4.69, 9.17) is 4.74 Å². The zero-order chi connectivity index (χ0) is 17.4. The van der Waals surface area contributed by atoms with Crippen LogP contribution in [0.5, 0.6) is 0 Å². The molecule has 0 fully saturated rings. The Morgan fingerprint density at radius 1 is 1.20 bits per heavy atom. The number of carbonyl (C=O) groups excluding carboxylic acids is 1. The predicted molar refractivity (Wildman–Crippen MR) is 99.8 cm³/mol. The van der Waals surface area contributed by atoms with E-state index in [0.29, 0.717) is 5.56 Å². The minimum absolute atomic E-state index is 0.119. The highest BCUT2D eigenvalue weighted by molar-refractivity contribution is 14.1. The van der Waals surface area contributed by atoms with Gasteiger partial charge in [0.15, 0.2) is 0 Å². The first-order valence-corrected chi connectivity index (χ1v) is 8.60. The van der Waals surface area contributed by atoms with Gasteiger partial charge in [-0.3, -0.25) is 4.90 Å². The van der Waals surface area contributed by atoms with Gasteiger partial charge in [0, 0.05) is 22.9 Å². The van der Waals surface area contributed by atoms with Gasteiger partial charge in [-0.2, -0.15) is 5.10 Å². The third-order valence-corrected chi connectivity index (χ3v) is 4.65. The summed E-state index contributed by atoms with van der Waals surface area (Å²) in [6.07, 6.45) is 3.03. The Hall–Kier alpha value is -2.42. The van der Waals surface area contributed by atoms with Gasteiger partial charge in [-0.1, -0.05) is 30.3 Å². The maximum absolute atomic E-state index is 14.6.